The van der Waals surface area contributed by atoms with Crippen molar-refractivity contribution in [3.63, 3.8) is 0 Å². The molecule has 0 radical (unpaired) electrons. The van der Waals surface area contributed by atoms with Gasteiger partial charge in [-0.1, -0.05) is 6.07 Å². The van der Waals surface area contributed by atoms with Gasteiger partial charge in [-0.3, -0.25) is 10.1 Å². The number of nitro groups is 1. The smallest absolute Gasteiger partial charge is 0.287 e. The van der Waals surface area contributed by atoms with E-state index >= 15 is 0 Å². The number of nitro benzene ring substituents is 1. The third-order valence-corrected chi connectivity index (χ3v) is 3.59. The summed E-state index contributed by atoms with van der Waals surface area (Å²) in [5, 5.41) is 13.9. The summed E-state index contributed by atoms with van der Waals surface area (Å²) in [6, 6.07) is 4.58. The molecule has 0 aliphatic heterocycles. The Morgan fingerprint density at radius 1 is 1.33 bits per heavy atom. The largest absolute Gasteiger partial charge is 0.437 e. The van der Waals surface area contributed by atoms with Gasteiger partial charge in [-0.25, -0.2) is 4.98 Å². The average Bonchev–Trinajstić information content (AvgIpc) is 2.44. The van der Waals surface area contributed by atoms with Crippen LogP contribution < -0.4 is 10.1 Å². The van der Waals surface area contributed by atoms with Crippen LogP contribution in [0.5, 0.6) is 11.6 Å². The summed E-state index contributed by atoms with van der Waals surface area (Å²) in [5.41, 5.74) is 0.659. The first-order chi connectivity index (χ1) is 9.93. The van der Waals surface area contributed by atoms with Gasteiger partial charge < -0.3 is 10.1 Å². The van der Waals surface area contributed by atoms with Crippen molar-refractivity contribution in [2.45, 2.75) is 13.8 Å². The maximum atomic E-state index is 10.9. The molecule has 0 unspecified atom stereocenters. The van der Waals surface area contributed by atoms with Crippen molar-refractivity contribution in [2.75, 3.05) is 12.4 Å². The number of halogens is 1. The molecular formula is C13H13BrN4O3. The minimum atomic E-state index is -0.478. The third kappa shape index (κ3) is 3.10. The Labute approximate surface area is 129 Å². The van der Waals surface area contributed by atoms with Crippen molar-refractivity contribution in [3.05, 3.63) is 44.2 Å². The van der Waals surface area contributed by atoms with Crippen LogP contribution in [0.1, 0.15) is 11.4 Å². The Bertz CT molecular complexity index is 706. The normalized spacial score (nSPS) is 10.3. The topological polar surface area (TPSA) is 90.2 Å². The Balaban J connectivity index is 2.46. The molecule has 2 aromatic rings. The summed E-state index contributed by atoms with van der Waals surface area (Å²) in [5.74, 6) is 1.88. The lowest BCUT2D eigenvalue weighted by atomic mass is 10.3. The highest BCUT2D eigenvalue weighted by Crippen LogP contribution is 2.37. The fraction of sp³-hybridized carbons (Fsp3) is 0.231. The van der Waals surface area contributed by atoms with Crippen molar-refractivity contribution < 1.29 is 9.66 Å². The van der Waals surface area contributed by atoms with E-state index in [1.54, 1.807) is 26.1 Å². The number of benzene rings is 1. The number of aryl methyl sites for hydroxylation is 1. The van der Waals surface area contributed by atoms with Crippen molar-refractivity contribution in [2.24, 2.45) is 0 Å². The van der Waals surface area contributed by atoms with Crippen LogP contribution in [-0.4, -0.2) is 21.9 Å². The Kier molecular flexibility index (Phi) is 4.37. The molecule has 0 aliphatic carbocycles. The molecule has 0 atom stereocenters. The van der Waals surface area contributed by atoms with E-state index in [4.69, 9.17) is 4.74 Å². The van der Waals surface area contributed by atoms with E-state index in [0.29, 0.717) is 23.3 Å². The molecule has 8 heteroatoms. The second kappa shape index (κ2) is 6.04. The standard InChI is InChI=1S/C13H13BrN4O3/c1-7-12(15-3)16-8(2)17-13(7)21-10-6-4-5-9(11(10)14)18(19)20/h4-6H,1-3H3,(H,15,16,17). The SMILES string of the molecule is CNc1nc(C)nc(Oc2cccc([N+](=O)[O-])c2Br)c1C. The summed E-state index contributed by atoms with van der Waals surface area (Å²) in [6.07, 6.45) is 0. The quantitative estimate of drug-likeness (QED) is 0.667. The predicted octanol–water partition coefficient (Wildman–Crippen LogP) is 3.60. The molecule has 0 aliphatic rings. The number of nitrogens with zero attached hydrogens (tertiary/aromatic N) is 3. The number of anilines is 1. The fourth-order valence-corrected chi connectivity index (χ4v) is 2.26. The fourth-order valence-electron chi connectivity index (χ4n) is 1.77. The Hall–Kier alpha value is -2.22. The monoisotopic (exact) mass is 352 g/mol. The van der Waals surface area contributed by atoms with E-state index in [2.05, 4.69) is 31.2 Å². The predicted molar refractivity (Wildman–Crippen MR) is 81.9 cm³/mol. The van der Waals surface area contributed by atoms with Gasteiger partial charge in [0.25, 0.3) is 5.69 Å². The van der Waals surface area contributed by atoms with E-state index in [0.717, 1.165) is 5.56 Å². The molecule has 1 aromatic carbocycles. The van der Waals surface area contributed by atoms with Crippen LogP contribution in [0.3, 0.4) is 0 Å². The molecular weight excluding hydrogens is 340 g/mol. The molecule has 110 valence electrons. The van der Waals surface area contributed by atoms with Crippen LogP contribution >= 0.6 is 15.9 Å². The van der Waals surface area contributed by atoms with E-state index in [9.17, 15) is 10.1 Å². The van der Waals surface area contributed by atoms with Gasteiger partial charge in [0.05, 0.1) is 10.5 Å². The number of hydrogen-bond donors (Lipinski definition) is 1. The van der Waals surface area contributed by atoms with Crippen molar-refractivity contribution in [1.82, 2.24) is 9.97 Å². The zero-order valence-electron chi connectivity index (χ0n) is 11.7. The molecule has 0 saturated heterocycles. The first-order valence-corrected chi connectivity index (χ1v) is 6.87. The van der Waals surface area contributed by atoms with Crippen LogP contribution in [0.25, 0.3) is 0 Å². The lowest BCUT2D eigenvalue weighted by Crippen LogP contribution is -2.03. The third-order valence-electron chi connectivity index (χ3n) is 2.80. The zero-order valence-corrected chi connectivity index (χ0v) is 13.3. The molecule has 0 amide bonds. The molecule has 0 saturated carbocycles. The molecule has 21 heavy (non-hydrogen) atoms. The number of ether oxygens (including phenoxy) is 1. The second-order valence-electron chi connectivity index (χ2n) is 4.25. The summed E-state index contributed by atoms with van der Waals surface area (Å²) < 4.78 is 5.99. The highest BCUT2D eigenvalue weighted by Gasteiger charge is 2.18. The lowest BCUT2D eigenvalue weighted by Gasteiger charge is -2.12. The van der Waals surface area contributed by atoms with E-state index in [1.165, 1.54) is 6.07 Å². The first kappa shape index (κ1) is 15.2. The molecule has 0 spiro atoms. The molecule has 7 nitrogen and oxygen atoms in total. The highest BCUT2D eigenvalue weighted by atomic mass is 79.9. The number of hydrogen-bond acceptors (Lipinski definition) is 6. The summed E-state index contributed by atoms with van der Waals surface area (Å²) in [4.78, 5) is 18.9. The summed E-state index contributed by atoms with van der Waals surface area (Å²) in [6.45, 7) is 3.56. The Morgan fingerprint density at radius 3 is 2.67 bits per heavy atom. The molecule has 1 aromatic heterocycles. The first-order valence-electron chi connectivity index (χ1n) is 6.07. The minimum absolute atomic E-state index is 0.0650. The maximum Gasteiger partial charge on any atom is 0.287 e. The van der Waals surface area contributed by atoms with E-state index in [-0.39, 0.29) is 10.2 Å². The zero-order chi connectivity index (χ0) is 15.6. The highest BCUT2D eigenvalue weighted by molar-refractivity contribution is 9.10. The minimum Gasteiger partial charge on any atom is -0.437 e. The van der Waals surface area contributed by atoms with Gasteiger partial charge in [0, 0.05) is 13.1 Å². The van der Waals surface area contributed by atoms with Gasteiger partial charge in [0.2, 0.25) is 5.88 Å². The van der Waals surface area contributed by atoms with Gasteiger partial charge >= 0.3 is 0 Å². The van der Waals surface area contributed by atoms with Gasteiger partial charge in [-0.05, 0) is 35.8 Å². The van der Waals surface area contributed by atoms with Gasteiger partial charge in [-0.15, -0.1) is 0 Å². The van der Waals surface area contributed by atoms with Crippen LogP contribution in [0.15, 0.2) is 22.7 Å². The van der Waals surface area contributed by atoms with Crippen LogP contribution in [0.2, 0.25) is 0 Å². The van der Waals surface area contributed by atoms with Gasteiger partial charge in [-0.2, -0.15) is 4.98 Å². The van der Waals surface area contributed by atoms with Crippen LogP contribution in [0, 0.1) is 24.0 Å². The van der Waals surface area contributed by atoms with Crippen molar-refractivity contribution >= 4 is 27.4 Å². The Morgan fingerprint density at radius 2 is 2.05 bits per heavy atom. The molecule has 0 bridgehead atoms. The summed E-state index contributed by atoms with van der Waals surface area (Å²) >= 11 is 3.19. The number of nitrogens with one attached hydrogen (secondary N) is 1. The molecule has 0 fully saturated rings. The van der Waals surface area contributed by atoms with Crippen LogP contribution in [0.4, 0.5) is 11.5 Å². The number of rotatable bonds is 4. The molecule has 2 rings (SSSR count). The maximum absolute atomic E-state index is 10.9. The van der Waals surface area contributed by atoms with Gasteiger partial charge in [0.15, 0.2) is 5.75 Å². The molecule has 1 N–H and O–H groups in total. The second-order valence-corrected chi connectivity index (χ2v) is 5.04. The summed E-state index contributed by atoms with van der Waals surface area (Å²) in [7, 11) is 1.75. The van der Waals surface area contributed by atoms with Gasteiger partial charge in [0.1, 0.15) is 16.1 Å². The average molecular weight is 353 g/mol. The van der Waals surface area contributed by atoms with Crippen molar-refractivity contribution in [1.29, 1.82) is 0 Å². The van der Waals surface area contributed by atoms with E-state index in [1.807, 2.05) is 6.92 Å². The van der Waals surface area contributed by atoms with Crippen molar-refractivity contribution in [3.8, 4) is 11.6 Å². The van der Waals surface area contributed by atoms with E-state index < -0.39 is 4.92 Å². The van der Waals surface area contributed by atoms with Crippen LogP contribution in [-0.2, 0) is 0 Å². The number of aromatic nitrogens is 2. The molecule has 1 heterocycles. The lowest BCUT2D eigenvalue weighted by molar-refractivity contribution is -0.385.